The van der Waals surface area contributed by atoms with Crippen LogP contribution in [0.5, 0.6) is 11.5 Å². The van der Waals surface area contributed by atoms with Crippen LogP contribution in [0, 0.1) is 0 Å². The molecule has 0 aliphatic carbocycles. The summed E-state index contributed by atoms with van der Waals surface area (Å²) in [7, 11) is 0. The molecular weight excluding hydrogens is 258 g/mol. The van der Waals surface area contributed by atoms with E-state index in [1.165, 1.54) is 5.39 Å². The van der Waals surface area contributed by atoms with Gasteiger partial charge in [-0.3, -0.25) is 0 Å². The molecule has 0 heterocycles. The molecule has 0 saturated heterocycles. The van der Waals surface area contributed by atoms with Crippen molar-refractivity contribution in [1.29, 1.82) is 0 Å². The Labute approximate surface area is 125 Å². The van der Waals surface area contributed by atoms with Gasteiger partial charge in [0.1, 0.15) is 11.5 Å². The van der Waals surface area contributed by atoms with E-state index in [0.717, 1.165) is 28.9 Å². The molecule has 0 bridgehead atoms. The van der Waals surface area contributed by atoms with Gasteiger partial charge in [-0.1, -0.05) is 61.5 Å². The molecule has 1 atom stereocenters. The number of benzene rings is 3. The molecule has 0 spiro atoms. The standard InChI is InChI=1S/C19H19NO/c1-2-17(20)16-11-5-6-12-19(16)21-18-13-7-9-14-8-3-4-10-15(14)18/h3-13,17H,2,20H2,1H3/t17-/m1/s1. The maximum atomic E-state index is 6.18. The maximum Gasteiger partial charge on any atom is 0.135 e. The molecule has 2 N–H and O–H groups in total. The van der Waals surface area contributed by atoms with Crippen molar-refractivity contribution >= 4 is 10.8 Å². The van der Waals surface area contributed by atoms with Crippen LogP contribution in [0.3, 0.4) is 0 Å². The molecule has 0 radical (unpaired) electrons. The zero-order valence-corrected chi connectivity index (χ0v) is 12.1. The number of rotatable bonds is 4. The first-order valence-corrected chi connectivity index (χ1v) is 7.29. The van der Waals surface area contributed by atoms with Crippen LogP contribution < -0.4 is 10.5 Å². The highest BCUT2D eigenvalue weighted by atomic mass is 16.5. The number of nitrogens with two attached hydrogens (primary N) is 1. The van der Waals surface area contributed by atoms with Crippen LogP contribution in [-0.4, -0.2) is 0 Å². The van der Waals surface area contributed by atoms with Gasteiger partial charge in [-0.25, -0.2) is 0 Å². The molecule has 0 saturated carbocycles. The van der Waals surface area contributed by atoms with Crippen molar-refractivity contribution in [3.63, 3.8) is 0 Å². The van der Waals surface area contributed by atoms with Crippen molar-refractivity contribution in [3.8, 4) is 11.5 Å². The Morgan fingerprint density at radius 1 is 0.857 bits per heavy atom. The lowest BCUT2D eigenvalue weighted by Gasteiger charge is -2.16. The Bertz CT molecular complexity index is 746. The van der Waals surface area contributed by atoms with Crippen LogP contribution in [0.15, 0.2) is 66.7 Å². The Balaban J connectivity index is 2.03. The molecule has 0 amide bonds. The second-order valence-corrected chi connectivity index (χ2v) is 5.13. The van der Waals surface area contributed by atoms with E-state index < -0.39 is 0 Å². The third-order valence-electron chi connectivity index (χ3n) is 3.73. The summed E-state index contributed by atoms with van der Waals surface area (Å²) < 4.78 is 6.17. The summed E-state index contributed by atoms with van der Waals surface area (Å²) in [5.41, 5.74) is 7.23. The van der Waals surface area contributed by atoms with E-state index in [1.807, 2.05) is 48.5 Å². The molecule has 2 nitrogen and oxygen atoms in total. The lowest BCUT2D eigenvalue weighted by atomic mass is 10.0. The van der Waals surface area contributed by atoms with Crippen molar-refractivity contribution in [2.75, 3.05) is 0 Å². The summed E-state index contributed by atoms with van der Waals surface area (Å²) >= 11 is 0. The van der Waals surface area contributed by atoms with Crippen LogP contribution in [0.1, 0.15) is 24.9 Å². The zero-order valence-electron chi connectivity index (χ0n) is 12.1. The number of hydrogen-bond acceptors (Lipinski definition) is 2. The van der Waals surface area contributed by atoms with Crippen LogP contribution in [-0.2, 0) is 0 Å². The average Bonchev–Trinajstić information content (AvgIpc) is 2.55. The summed E-state index contributed by atoms with van der Waals surface area (Å²) in [6.07, 6.45) is 0.885. The van der Waals surface area contributed by atoms with Crippen LogP contribution in [0.2, 0.25) is 0 Å². The molecule has 21 heavy (non-hydrogen) atoms. The van der Waals surface area contributed by atoms with Gasteiger partial charge in [-0.2, -0.15) is 0 Å². The molecule has 0 aliphatic heterocycles. The number of hydrogen-bond donors (Lipinski definition) is 1. The fourth-order valence-corrected chi connectivity index (χ4v) is 2.50. The summed E-state index contributed by atoms with van der Waals surface area (Å²) in [6.45, 7) is 2.08. The van der Waals surface area contributed by atoms with E-state index in [1.54, 1.807) is 0 Å². The summed E-state index contributed by atoms with van der Waals surface area (Å²) in [6, 6.07) is 22.3. The van der Waals surface area contributed by atoms with Crippen molar-refractivity contribution in [2.24, 2.45) is 5.73 Å². The first kappa shape index (κ1) is 13.7. The summed E-state index contributed by atoms with van der Waals surface area (Å²) in [4.78, 5) is 0. The van der Waals surface area contributed by atoms with Gasteiger partial charge in [0.15, 0.2) is 0 Å². The molecule has 0 aromatic heterocycles. The van der Waals surface area contributed by atoms with Gasteiger partial charge in [-0.15, -0.1) is 0 Å². The monoisotopic (exact) mass is 277 g/mol. The van der Waals surface area contributed by atoms with Crippen molar-refractivity contribution in [3.05, 3.63) is 72.3 Å². The minimum absolute atomic E-state index is 0.00354. The SMILES string of the molecule is CC[C@@H](N)c1ccccc1Oc1cccc2ccccc12. The molecule has 2 heteroatoms. The molecular formula is C19H19NO. The smallest absolute Gasteiger partial charge is 0.135 e. The molecule has 0 unspecified atom stereocenters. The van der Waals surface area contributed by atoms with E-state index in [0.29, 0.717) is 0 Å². The quantitative estimate of drug-likeness (QED) is 0.725. The van der Waals surface area contributed by atoms with E-state index in [-0.39, 0.29) is 6.04 Å². The van der Waals surface area contributed by atoms with Gasteiger partial charge in [0.25, 0.3) is 0 Å². The summed E-state index contributed by atoms with van der Waals surface area (Å²) in [5, 5.41) is 2.28. The molecule has 3 aromatic rings. The molecule has 3 rings (SSSR count). The Morgan fingerprint density at radius 3 is 2.38 bits per heavy atom. The van der Waals surface area contributed by atoms with Gasteiger partial charge >= 0.3 is 0 Å². The van der Waals surface area contributed by atoms with Gasteiger partial charge in [0.05, 0.1) is 0 Å². The molecule has 0 aliphatic rings. The van der Waals surface area contributed by atoms with E-state index >= 15 is 0 Å². The van der Waals surface area contributed by atoms with Crippen molar-refractivity contribution in [1.82, 2.24) is 0 Å². The topological polar surface area (TPSA) is 35.2 Å². The summed E-state index contributed by atoms with van der Waals surface area (Å²) in [5.74, 6) is 1.70. The number of ether oxygens (including phenoxy) is 1. The largest absolute Gasteiger partial charge is 0.456 e. The van der Waals surface area contributed by atoms with Crippen LogP contribution in [0.25, 0.3) is 10.8 Å². The van der Waals surface area contributed by atoms with E-state index in [2.05, 4.69) is 25.1 Å². The maximum absolute atomic E-state index is 6.18. The van der Waals surface area contributed by atoms with Gasteiger partial charge in [0.2, 0.25) is 0 Å². The number of para-hydroxylation sites is 1. The highest BCUT2D eigenvalue weighted by molar-refractivity contribution is 5.88. The molecule has 3 aromatic carbocycles. The van der Waals surface area contributed by atoms with Gasteiger partial charge < -0.3 is 10.5 Å². The van der Waals surface area contributed by atoms with E-state index in [4.69, 9.17) is 10.5 Å². The third-order valence-corrected chi connectivity index (χ3v) is 3.73. The second-order valence-electron chi connectivity index (χ2n) is 5.13. The van der Waals surface area contributed by atoms with Crippen LogP contribution in [0.4, 0.5) is 0 Å². The lowest BCUT2D eigenvalue weighted by Crippen LogP contribution is -2.09. The number of fused-ring (bicyclic) bond motifs is 1. The van der Waals surface area contributed by atoms with Gasteiger partial charge in [0, 0.05) is 17.0 Å². The Kier molecular flexibility index (Phi) is 3.89. The zero-order chi connectivity index (χ0) is 14.7. The Morgan fingerprint density at radius 2 is 1.52 bits per heavy atom. The molecule has 106 valence electrons. The van der Waals surface area contributed by atoms with Crippen molar-refractivity contribution < 1.29 is 4.74 Å². The predicted molar refractivity (Wildman–Crippen MR) is 87.7 cm³/mol. The highest BCUT2D eigenvalue weighted by Crippen LogP contribution is 2.33. The van der Waals surface area contributed by atoms with Crippen LogP contribution >= 0.6 is 0 Å². The minimum Gasteiger partial charge on any atom is -0.456 e. The predicted octanol–water partition coefficient (Wildman–Crippen LogP) is 5.04. The van der Waals surface area contributed by atoms with Gasteiger partial charge in [-0.05, 0) is 23.9 Å². The third kappa shape index (κ3) is 2.76. The fraction of sp³-hybridized carbons (Fsp3) is 0.158. The highest BCUT2D eigenvalue weighted by Gasteiger charge is 2.11. The first-order valence-electron chi connectivity index (χ1n) is 7.29. The van der Waals surface area contributed by atoms with E-state index in [9.17, 15) is 0 Å². The average molecular weight is 277 g/mol. The van der Waals surface area contributed by atoms with Crippen molar-refractivity contribution in [2.45, 2.75) is 19.4 Å². The Hall–Kier alpha value is -2.32. The lowest BCUT2D eigenvalue weighted by molar-refractivity contribution is 0.474. The first-order chi connectivity index (χ1) is 10.3. The second kappa shape index (κ2) is 5.98. The molecule has 0 fully saturated rings. The fourth-order valence-electron chi connectivity index (χ4n) is 2.50. The minimum atomic E-state index is -0.00354. The normalized spacial score (nSPS) is 12.3.